The molecule has 0 spiro atoms. The van der Waals surface area contributed by atoms with Gasteiger partial charge in [0.1, 0.15) is 18.2 Å². The van der Waals surface area contributed by atoms with Gasteiger partial charge in [0.25, 0.3) is 0 Å². The van der Waals surface area contributed by atoms with Crippen molar-refractivity contribution in [2.45, 2.75) is 39.4 Å². The SMILES string of the molecule is CCC(=O)Nc1cnc2[nH]cc(-c3cncc(NC(C(=O)NCC(F)(F)F)C(C)C)c3)c2c1. The molecular weight excluding hydrogens is 437 g/mol. The largest absolute Gasteiger partial charge is 0.405 e. The third kappa shape index (κ3) is 6.21. The normalized spacial score (nSPS) is 12.6. The summed E-state index contributed by atoms with van der Waals surface area (Å²) in [4.78, 5) is 35.6. The van der Waals surface area contributed by atoms with Crippen LogP contribution in [0.2, 0.25) is 0 Å². The second-order valence-electron chi connectivity index (χ2n) is 7.89. The number of carbonyl (C=O) groups excluding carboxylic acids is 2. The van der Waals surface area contributed by atoms with Gasteiger partial charge in [0.15, 0.2) is 0 Å². The highest BCUT2D eigenvalue weighted by atomic mass is 19.4. The molecule has 0 radical (unpaired) electrons. The highest BCUT2D eigenvalue weighted by Crippen LogP contribution is 2.30. The lowest BCUT2D eigenvalue weighted by Gasteiger charge is -2.23. The van der Waals surface area contributed by atoms with Gasteiger partial charge in [0.2, 0.25) is 11.8 Å². The number of H-pyrrole nitrogens is 1. The van der Waals surface area contributed by atoms with Crippen LogP contribution >= 0.6 is 0 Å². The van der Waals surface area contributed by atoms with Crippen LogP contribution in [0.3, 0.4) is 0 Å². The first-order valence-electron chi connectivity index (χ1n) is 10.4. The summed E-state index contributed by atoms with van der Waals surface area (Å²) in [5.74, 6) is -1.16. The summed E-state index contributed by atoms with van der Waals surface area (Å²) in [5.41, 5.74) is 3.11. The number of aromatic amines is 1. The number of alkyl halides is 3. The molecule has 3 rings (SSSR count). The average Bonchev–Trinajstić information content (AvgIpc) is 3.18. The van der Waals surface area contributed by atoms with Crippen LogP contribution in [0.15, 0.2) is 36.9 Å². The fourth-order valence-corrected chi connectivity index (χ4v) is 3.24. The number of rotatable bonds is 8. The van der Waals surface area contributed by atoms with Crippen molar-refractivity contribution in [2.75, 3.05) is 17.2 Å². The van der Waals surface area contributed by atoms with E-state index in [1.165, 1.54) is 6.20 Å². The number of hydrogen-bond acceptors (Lipinski definition) is 5. The molecule has 0 aliphatic rings. The quantitative estimate of drug-likeness (QED) is 0.403. The molecule has 0 fully saturated rings. The summed E-state index contributed by atoms with van der Waals surface area (Å²) in [5, 5.41) is 8.43. The van der Waals surface area contributed by atoms with Crippen molar-refractivity contribution in [2.24, 2.45) is 5.92 Å². The Morgan fingerprint density at radius 3 is 2.55 bits per heavy atom. The molecule has 3 aromatic rings. The highest BCUT2D eigenvalue weighted by molar-refractivity contribution is 5.98. The first kappa shape index (κ1) is 24.0. The first-order valence-corrected chi connectivity index (χ1v) is 10.4. The summed E-state index contributed by atoms with van der Waals surface area (Å²) < 4.78 is 37.5. The zero-order chi connectivity index (χ0) is 24.2. The van der Waals surface area contributed by atoms with Crippen LogP contribution in [0.25, 0.3) is 22.2 Å². The van der Waals surface area contributed by atoms with Crippen molar-refractivity contribution in [3.05, 3.63) is 36.9 Å². The van der Waals surface area contributed by atoms with E-state index in [0.29, 0.717) is 29.0 Å². The zero-order valence-corrected chi connectivity index (χ0v) is 18.4. The Bertz CT molecular complexity index is 1140. The molecule has 11 heteroatoms. The minimum absolute atomic E-state index is 0.135. The lowest BCUT2D eigenvalue weighted by Crippen LogP contribution is -2.46. The van der Waals surface area contributed by atoms with Crippen molar-refractivity contribution < 1.29 is 22.8 Å². The van der Waals surface area contributed by atoms with Crippen molar-refractivity contribution >= 4 is 34.2 Å². The number of nitrogens with one attached hydrogen (secondary N) is 4. The second kappa shape index (κ2) is 9.88. The number of pyridine rings is 2. The molecule has 0 saturated heterocycles. The minimum atomic E-state index is -4.49. The smallest absolute Gasteiger partial charge is 0.372 e. The molecular formula is C22H25F3N6O2. The molecule has 176 valence electrons. The first-order chi connectivity index (χ1) is 15.6. The fourth-order valence-electron chi connectivity index (χ4n) is 3.24. The van der Waals surface area contributed by atoms with E-state index in [9.17, 15) is 22.8 Å². The molecule has 3 heterocycles. The topological polar surface area (TPSA) is 112 Å². The predicted octanol–water partition coefficient (Wildman–Crippen LogP) is 4.09. The summed E-state index contributed by atoms with van der Waals surface area (Å²) in [7, 11) is 0. The van der Waals surface area contributed by atoms with Gasteiger partial charge >= 0.3 is 6.18 Å². The van der Waals surface area contributed by atoms with Gasteiger partial charge in [-0.3, -0.25) is 14.6 Å². The Balaban J connectivity index is 1.85. The number of fused-ring (bicyclic) bond motifs is 1. The van der Waals surface area contributed by atoms with Crippen LogP contribution in [0.1, 0.15) is 27.2 Å². The van der Waals surface area contributed by atoms with Gasteiger partial charge in [0, 0.05) is 41.5 Å². The molecule has 0 aromatic carbocycles. The van der Waals surface area contributed by atoms with Crippen LogP contribution in [0, 0.1) is 5.92 Å². The molecule has 3 aromatic heterocycles. The highest BCUT2D eigenvalue weighted by Gasteiger charge is 2.30. The molecule has 4 N–H and O–H groups in total. The summed E-state index contributed by atoms with van der Waals surface area (Å²) in [6.07, 6.45) is 2.27. The van der Waals surface area contributed by atoms with Gasteiger partial charge in [-0.15, -0.1) is 0 Å². The van der Waals surface area contributed by atoms with Gasteiger partial charge in [-0.2, -0.15) is 13.2 Å². The Kier molecular flexibility index (Phi) is 7.19. The van der Waals surface area contributed by atoms with Gasteiger partial charge in [-0.25, -0.2) is 4.98 Å². The van der Waals surface area contributed by atoms with Crippen LogP contribution in [0.4, 0.5) is 24.5 Å². The number of anilines is 2. The molecule has 0 saturated carbocycles. The van der Waals surface area contributed by atoms with E-state index in [1.807, 2.05) is 5.32 Å². The van der Waals surface area contributed by atoms with Gasteiger partial charge < -0.3 is 20.9 Å². The maximum Gasteiger partial charge on any atom is 0.405 e. The zero-order valence-electron chi connectivity index (χ0n) is 18.4. The van der Waals surface area contributed by atoms with Crippen molar-refractivity contribution in [1.29, 1.82) is 0 Å². The third-order valence-corrected chi connectivity index (χ3v) is 4.92. The minimum Gasteiger partial charge on any atom is -0.372 e. The predicted molar refractivity (Wildman–Crippen MR) is 120 cm³/mol. The monoisotopic (exact) mass is 462 g/mol. The summed E-state index contributed by atoms with van der Waals surface area (Å²) in [6, 6.07) is 2.66. The van der Waals surface area contributed by atoms with Crippen molar-refractivity contribution in [3.8, 4) is 11.1 Å². The van der Waals surface area contributed by atoms with Gasteiger partial charge in [-0.1, -0.05) is 20.8 Å². The maximum atomic E-state index is 12.5. The number of carbonyl (C=O) groups is 2. The fraction of sp³-hybridized carbons (Fsp3) is 0.364. The summed E-state index contributed by atoms with van der Waals surface area (Å²) in [6.45, 7) is 3.83. The van der Waals surface area contributed by atoms with Crippen LogP contribution in [-0.4, -0.2) is 45.5 Å². The number of amides is 2. The van der Waals surface area contributed by atoms with E-state index in [1.54, 1.807) is 51.5 Å². The average molecular weight is 462 g/mol. The Labute approximate surface area is 188 Å². The van der Waals surface area contributed by atoms with Crippen LogP contribution in [0.5, 0.6) is 0 Å². The van der Waals surface area contributed by atoms with E-state index < -0.39 is 24.7 Å². The second-order valence-corrected chi connectivity index (χ2v) is 7.89. The lowest BCUT2D eigenvalue weighted by molar-refractivity contribution is -0.139. The Morgan fingerprint density at radius 2 is 1.88 bits per heavy atom. The van der Waals surface area contributed by atoms with Crippen LogP contribution < -0.4 is 16.0 Å². The van der Waals surface area contributed by atoms with E-state index >= 15 is 0 Å². The molecule has 1 unspecified atom stereocenters. The molecule has 8 nitrogen and oxygen atoms in total. The maximum absolute atomic E-state index is 12.5. The number of nitrogens with zero attached hydrogens (tertiary/aromatic N) is 2. The number of halogens is 3. The van der Waals surface area contributed by atoms with E-state index in [-0.39, 0.29) is 11.8 Å². The molecule has 2 amide bonds. The molecule has 33 heavy (non-hydrogen) atoms. The standard InChI is InChI=1S/C22H25F3N6O2/c1-4-18(32)30-15-6-16-17(10-28-20(16)27-9-15)13-5-14(8-26-7-13)31-19(12(2)3)21(33)29-11-22(23,24)25/h5-10,12,19,31H,4,11H2,1-3H3,(H,27,28)(H,29,33)(H,30,32). The van der Waals surface area contributed by atoms with E-state index in [2.05, 4.69) is 25.6 Å². The Hall–Kier alpha value is -3.63. The number of hydrogen-bond donors (Lipinski definition) is 4. The molecule has 0 aliphatic heterocycles. The molecule has 0 aliphatic carbocycles. The van der Waals surface area contributed by atoms with E-state index in [0.717, 1.165) is 10.9 Å². The molecule has 0 bridgehead atoms. The number of aromatic nitrogens is 3. The van der Waals surface area contributed by atoms with E-state index in [4.69, 9.17) is 0 Å². The van der Waals surface area contributed by atoms with Gasteiger partial charge in [0.05, 0.1) is 17.6 Å². The van der Waals surface area contributed by atoms with Crippen molar-refractivity contribution in [1.82, 2.24) is 20.3 Å². The lowest BCUT2D eigenvalue weighted by atomic mass is 10.0. The van der Waals surface area contributed by atoms with Crippen LogP contribution in [-0.2, 0) is 9.59 Å². The Morgan fingerprint density at radius 1 is 1.12 bits per heavy atom. The van der Waals surface area contributed by atoms with Crippen molar-refractivity contribution in [3.63, 3.8) is 0 Å². The molecule has 1 atom stereocenters. The third-order valence-electron chi connectivity index (χ3n) is 4.92. The summed E-state index contributed by atoms with van der Waals surface area (Å²) >= 11 is 0. The van der Waals surface area contributed by atoms with Gasteiger partial charge in [-0.05, 0) is 18.1 Å².